The van der Waals surface area contributed by atoms with Gasteiger partial charge >= 0.3 is 5.63 Å². The molecule has 0 saturated heterocycles. The number of nitrogens with zero attached hydrogens (tertiary/aromatic N) is 3. The van der Waals surface area contributed by atoms with Crippen molar-refractivity contribution in [1.29, 1.82) is 0 Å². The SMILES string of the molecule is O=C(COc1ccc2c(c1)oc(=O)c1ccccc12)N([O-])Cc1cnccn1. The molecule has 0 bridgehead atoms. The topological polar surface area (TPSA) is 109 Å². The van der Waals surface area contributed by atoms with Crippen molar-refractivity contribution in [3.05, 3.63) is 82.4 Å². The van der Waals surface area contributed by atoms with E-state index < -0.39 is 18.1 Å². The van der Waals surface area contributed by atoms with Gasteiger partial charge in [-0.25, -0.2) is 4.79 Å². The summed E-state index contributed by atoms with van der Waals surface area (Å²) in [6, 6.07) is 12.1. The normalized spacial score (nSPS) is 10.9. The quantitative estimate of drug-likeness (QED) is 0.299. The maximum absolute atomic E-state index is 12.1. The lowest BCUT2D eigenvalue weighted by Gasteiger charge is -2.27. The Labute approximate surface area is 158 Å². The van der Waals surface area contributed by atoms with Gasteiger partial charge in [-0.3, -0.25) is 14.8 Å². The maximum atomic E-state index is 12.1. The summed E-state index contributed by atoms with van der Waals surface area (Å²) in [4.78, 5) is 31.9. The number of hydrogen-bond donors (Lipinski definition) is 0. The summed E-state index contributed by atoms with van der Waals surface area (Å²) in [5.41, 5.74) is 0.267. The molecule has 0 fully saturated rings. The van der Waals surface area contributed by atoms with Crippen LogP contribution in [0.4, 0.5) is 0 Å². The fourth-order valence-electron chi connectivity index (χ4n) is 2.81. The smallest absolute Gasteiger partial charge is 0.344 e. The summed E-state index contributed by atoms with van der Waals surface area (Å²) in [5.74, 6) is -0.446. The third kappa shape index (κ3) is 3.53. The highest BCUT2D eigenvalue weighted by atomic mass is 16.5. The number of hydroxylamine groups is 2. The van der Waals surface area contributed by atoms with Crippen molar-refractivity contribution < 1.29 is 13.9 Å². The monoisotopic (exact) mass is 376 g/mol. The minimum Gasteiger partial charge on any atom is -0.756 e. The van der Waals surface area contributed by atoms with Crippen LogP contribution >= 0.6 is 0 Å². The van der Waals surface area contributed by atoms with Crippen LogP contribution in [-0.4, -0.2) is 27.5 Å². The van der Waals surface area contributed by atoms with Crippen LogP contribution in [0.5, 0.6) is 5.75 Å². The van der Waals surface area contributed by atoms with E-state index in [0.717, 1.165) is 10.8 Å². The van der Waals surface area contributed by atoms with Gasteiger partial charge in [0.15, 0.2) is 6.61 Å². The standard InChI is InChI=1S/C20H14N3O5/c24-19(23(26)11-13-10-21-7-8-22-13)12-27-14-5-6-16-15-3-1-2-4-17(15)20(25)28-18(16)9-14/h1-10H,11-12H2/q-1. The number of rotatable bonds is 5. The summed E-state index contributed by atoms with van der Waals surface area (Å²) in [6.07, 6.45) is 4.33. The Morgan fingerprint density at radius 1 is 1.11 bits per heavy atom. The first-order valence-corrected chi connectivity index (χ1v) is 8.42. The van der Waals surface area contributed by atoms with Gasteiger partial charge in [-0.1, -0.05) is 18.2 Å². The molecule has 0 unspecified atom stereocenters. The van der Waals surface area contributed by atoms with Crippen molar-refractivity contribution in [2.24, 2.45) is 0 Å². The average Bonchev–Trinajstić information content (AvgIpc) is 2.72. The van der Waals surface area contributed by atoms with E-state index in [9.17, 15) is 14.8 Å². The third-order valence-corrected chi connectivity index (χ3v) is 4.16. The number of carbonyl (C=O) groups is 1. The van der Waals surface area contributed by atoms with Crippen molar-refractivity contribution >= 4 is 27.6 Å². The van der Waals surface area contributed by atoms with Gasteiger partial charge in [0.05, 0.1) is 23.8 Å². The largest absolute Gasteiger partial charge is 0.756 e. The zero-order valence-electron chi connectivity index (χ0n) is 14.6. The minimum absolute atomic E-state index is 0.214. The molecular weight excluding hydrogens is 362 g/mol. The van der Waals surface area contributed by atoms with E-state index in [1.165, 1.54) is 24.7 Å². The Morgan fingerprint density at radius 3 is 2.71 bits per heavy atom. The molecule has 0 aliphatic rings. The second-order valence-corrected chi connectivity index (χ2v) is 6.01. The second-order valence-electron chi connectivity index (χ2n) is 6.01. The summed E-state index contributed by atoms with van der Waals surface area (Å²) in [5, 5.41) is 14.2. The van der Waals surface area contributed by atoms with Crippen LogP contribution in [0.25, 0.3) is 21.7 Å². The number of fused-ring (bicyclic) bond motifs is 3. The second kappa shape index (κ2) is 7.45. The summed E-state index contributed by atoms with van der Waals surface area (Å²) >= 11 is 0. The molecule has 0 spiro atoms. The zero-order valence-corrected chi connectivity index (χ0v) is 14.6. The Morgan fingerprint density at radius 2 is 1.93 bits per heavy atom. The minimum atomic E-state index is -0.759. The molecule has 28 heavy (non-hydrogen) atoms. The van der Waals surface area contributed by atoms with Gasteiger partial charge in [-0.2, -0.15) is 0 Å². The fraction of sp³-hybridized carbons (Fsp3) is 0.100. The van der Waals surface area contributed by atoms with Gasteiger partial charge in [-0.05, 0) is 23.6 Å². The first-order valence-electron chi connectivity index (χ1n) is 8.42. The summed E-state index contributed by atoms with van der Waals surface area (Å²) in [6.45, 7) is -0.665. The van der Waals surface area contributed by atoms with E-state index in [0.29, 0.717) is 22.4 Å². The van der Waals surface area contributed by atoms with Crippen molar-refractivity contribution in [3.8, 4) is 5.75 Å². The Balaban J connectivity index is 1.50. The van der Waals surface area contributed by atoms with Crippen molar-refractivity contribution in [1.82, 2.24) is 15.0 Å². The molecule has 140 valence electrons. The van der Waals surface area contributed by atoms with Crippen LogP contribution in [0.2, 0.25) is 0 Å². The molecule has 8 nitrogen and oxygen atoms in total. The van der Waals surface area contributed by atoms with E-state index in [1.54, 1.807) is 24.3 Å². The van der Waals surface area contributed by atoms with Gasteiger partial charge in [0.1, 0.15) is 11.3 Å². The molecular formula is C20H14N3O5-. The molecule has 2 aromatic carbocycles. The van der Waals surface area contributed by atoms with E-state index in [4.69, 9.17) is 9.15 Å². The molecule has 0 aliphatic heterocycles. The van der Waals surface area contributed by atoms with E-state index in [2.05, 4.69) is 9.97 Å². The lowest BCUT2D eigenvalue weighted by molar-refractivity contribution is -0.131. The molecule has 4 aromatic rings. The lowest BCUT2D eigenvalue weighted by atomic mass is 10.1. The molecule has 0 radical (unpaired) electrons. The van der Waals surface area contributed by atoms with Crippen LogP contribution in [0.1, 0.15) is 5.69 Å². The molecule has 0 atom stereocenters. The summed E-state index contributed by atoms with van der Waals surface area (Å²) in [7, 11) is 0. The van der Waals surface area contributed by atoms with Crippen LogP contribution in [0, 0.1) is 5.21 Å². The highest BCUT2D eigenvalue weighted by Gasteiger charge is 2.10. The number of ether oxygens (including phenoxy) is 1. The van der Waals surface area contributed by atoms with Gasteiger partial charge in [0.2, 0.25) is 5.91 Å². The molecule has 0 N–H and O–H groups in total. The van der Waals surface area contributed by atoms with Gasteiger partial charge < -0.3 is 19.4 Å². The van der Waals surface area contributed by atoms with Gasteiger partial charge in [-0.15, -0.1) is 0 Å². The molecule has 4 rings (SSSR count). The molecule has 0 saturated carbocycles. The van der Waals surface area contributed by atoms with Crippen LogP contribution in [0.3, 0.4) is 0 Å². The van der Waals surface area contributed by atoms with Crippen LogP contribution < -0.4 is 10.4 Å². The highest BCUT2D eigenvalue weighted by Crippen LogP contribution is 2.26. The molecule has 0 aliphatic carbocycles. The maximum Gasteiger partial charge on any atom is 0.344 e. The summed E-state index contributed by atoms with van der Waals surface area (Å²) < 4.78 is 10.7. The Hall–Kier alpha value is -3.78. The van der Waals surface area contributed by atoms with E-state index in [-0.39, 0.29) is 11.6 Å². The number of hydrogen-bond acceptors (Lipinski definition) is 7. The lowest BCUT2D eigenvalue weighted by Crippen LogP contribution is -2.29. The Bertz CT molecular complexity index is 1210. The van der Waals surface area contributed by atoms with E-state index in [1.807, 2.05) is 12.1 Å². The molecule has 8 heteroatoms. The first-order chi connectivity index (χ1) is 13.6. The first kappa shape index (κ1) is 17.6. The number of carbonyl (C=O) groups excluding carboxylic acids is 1. The predicted octanol–water partition coefficient (Wildman–Crippen LogP) is 2.64. The predicted molar refractivity (Wildman–Crippen MR) is 101 cm³/mol. The molecule has 1 amide bonds. The number of benzene rings is 2. The van der Waals surface area contributed by atoms with Crippen molar-refractivity contribution in [3.63, 3.8) is 0 Å². The van der Waals surface area contributed by atoms with Crippen LogP contribution in [-0.2, 0) is 11.3 Å². The fourth-order valence-corrected chi connectivity index (χ4v) is 2.81. The third-order valence-electron chi connectivity index (χ3n) is 4.16. The van der Waals surface area contributed by atoms with Crippen molar-refractivity contribution in [2.75, 3.05) is 6.61 Å². The zero-order chi connectivity index (χ0) is 19.5. The van der Waals surface area contributed by atoms with Gasteiger partial charge in [0, 0.05) is 23.8 Å². The Kier molecular flexibility index (Phi) is 4.69. The van der Waals surface area contributed by atoms with Crippen LogP contribution in [0.15, 0.2) is 70.3 Å². The van der Waals surface area contributed by atoms with Crippen molar-refractivity contribution in [2.45, 2.75) is 6.54 Å². The highest BCUT2D eigenvalue weighted by molar-refractivity contribution is 6.04. The van der Waals surface area contributed by atoms with E-state index >= 15 is 0 Å². The molecule has 2 aromatic heterocycles. The van der Waals surface area contributed by atoms with Gasteiger partial charge in [0.25, 0.3) is 0 Å². The average molecular weight is 376 g/mol. The number of amides is 1. The molecule has 2 heterocycles. The number of aromatic nitrogens is 2.